The Labute approximate surface area is 119 Å². The number of nitrogens with one attached hydrogen (secondary N) is 1. The summed E-state index contributed by atoms with van der Waals surface area (Å²) < 4.78 is 39.3. The second-order valence-corrected chi connectivity index (χ2v) is 6.88. The van der Waals surface area contributed by atoms with Crippen LogP contribution in [0.25, 0.3) is 0 Å². The van der Waals surface area contributed by atoms with E-state index >= 15 is 0 Å². The SMILES string of the molecule is Cc1cc(CNS(=O)(=O)CCCCCl)cc(C)c1F. The molecule has 1 aromatic carbocycles. The predicted octanol–water partition coefficient (Wildman–Crippen LogP) is 2.88. The van der Waals surface area contributed by atoms with Crippen LogP contribution in [-0.2, 0) is 16.6 Å². The maximum atomic E-state index is 13.4. The highest BCUT2D eigenvalue weighted by Crippen LogP contribution is 2.14. The number of alkyl halides is 1. The molecular weight excluding hydrogens is 289 g/mol. The van der Waals surface area contributed by atoms with Crippen LogP contribution in [0.3, 0.4) is 0 Å². The van der Waals surface area contributed by atoms with Crippen molar-refractivity contribution in [2.45, 2.75) is 33.2 Å². The summed E-state index contributed by atoms with van der Waals surface area (Å²) in [7, 11) is -3.29. The molecule has 0 bridgehead atoms. The summed E-state index contributed by atoms with van der Waals surface area (Å²) in [4.78, 5) is 0. The van der Waals surface area contributed by atoms with Crippen LogP contribution < -0.4 is 4.72 Å². The maximum absolute atomic E-state index is 13.4. The van der Waals surface area contributed by atoms with E-state index in [9.17, 15) is 12.8 Å². The number of unbranched alkanes of at least 4 members (excludes halogenated alkanes) is 1. The molecule has 19 heavy (non-hydrogen) atoms. The van der Waals surface area contributed by atoms with Crippen molar-refractivity contribution >= 4 is 21.6 Å². The Morgan fingerprint density at radius 1 is 1.21 bits per heavy atom. The molecule has 0 aliphatic rings. The largest absolute Gasteiger partial charge is 0.212 e. The Kier molecular flexibility index (Phi) is 6.23. The standard InChI is InChI=1S/C13H19ClFNO2S/c1-10-7-12(8-11(2)13(10)15)9-16-19(17,18)6-4-3-5-14/h7-8,16H,3-6,9H2,1-2H3. The molecule has 0 aromatic heterocycles. The van der Waals surface area contributed by atoms with E-state index in [1.807, 2.05) is 0 Å². The summed E-state index contributed by atoms with van der Waals surface area (Å²) >= 11 is 5.50. The van der Waals surface area contributed by atoms with Crippen LogP contribution in [0.15, 0.2) is 12.1 Å². The van der Waals surface area contributed by atoms with Crippen molar-refractivity contribution in [3.05, 3.63) is 34.6 Å². The van der Waals surface area contributed by atoms with Crippen LogP contribution in [0.5, 0.6) is 0 Å². The van der Waals surface area contributed by atoms with Gasteiger partial charge in [-0.1, -0.05) is 12.1 Å². The van der Waals surface area contributed by atoms with Crippen molar-refractivity contribution < 1.29 is 12.8 Å². The molecule has 0 aliphatic heterocycles. The van der Waals surface area contributed by atoms with Gasteiger partial charge in [0.05, 0.1) is 5.75 Å². The minimum atomic E-state index is -3.29. The number of halogens is 2. The van der Waals surface area contributed by atoms with Crippen LogP contribution in [0.2, 0.25) is 0 Å². The molecule has 0 saturated heterocycles. The van der Waals surface area contributed by atoms with E-state index in [0.29, 0.717) is 29.8 Å². The fourth-order valence-electron chi connectivity index (χ4n) is 1.79. The van der Waals surface area contributed by atoms with Crippen LogP contribution in [0.1, 0.15) is 29.5 Å². The van der Waals surface area contributed by atoms with Crippen LogP contribution in [0, 0.1) is 19.7 Å². The van der Waals surface area contributed by atoms with Gasteiger partial charge in [-0.05, 0) is 43.4 Å². The van der Waals surface area contributed by atoms with Gasteiger partial charge in [0.2, 0.25) is 10.0 Å². The fraction of sp³-hybridized carbons (Fsp3) is 0.538. The monoisotopic (exact) mass is 307 g/mol. The molecule has 3 nitrogen and oxygen atoms in total. The average molecular weight is 308 g/mol. The van der Waals surface area contributed by atoms with Crippen molar-refractivity contribution in [2.24, 2.45) is 0 Å². The highest BCUT2D eigenvalue weighted by atomic mass is 35.5. The summed E-state index contributed by atoms with van der Waals surface area (Å²) in [6, 6.07) is 3.31. The number of benzene rings is 1. The zero-order valence-electron chi connectivity index (χ0n) is 11.2. The summed E-state index contributed by atoms with van der Waals surface area (Å²) in [6.07, 6.45) is 1.22. The van der Waals surface area contributed by atoms with Crippen molar-refractivity contribution in [3.8, 4) is 0 Å². The minimum absolute atomic E-state index is 0.0683. The third kappa shape index (κ3) is 5.47. The average Bonchev–Trinajstić information content (AvgIpc) is 2.33. The van der Waals surface area contributed by atoms with Crippen LogP contribution in [-0.4, -0.2) is 20.1 Å². The number of sulfonamides is 1. The lowest BCUT2D eigenvalue weighted by molar-refractivity contribution is 0.577. The third-order valence-electron chi connectivity index (χ3n) is 2.79. The summed E-state index contributed by atoms with van der Waals surface area (Å²) in [6.45, 7) is 3.52. The molecule has 0 aliphatic carbocycles. The van der Waals surface area contributed by atoms with Gasteiger partial charge in [0.25, 0.3) is 0 Å². The quantitative estimate of drug-likeness (QED) is 0.622. The van der Waals surface area contributed by atoms with Gasteiger partial charge in [-0.25, -0.2) is 17.5 Å². The number of aryl methyl sites for hydroxylation is 2. The van der Waals surface area contributed by atoms with Gasteiger partial charge < -0.3 is 0 Å². The van der Waals surface area contributed by atoms with Gasteiger partial charge >= 0.3 is 0 Å². The normalized spacial score (nSPS) is 11.8. The molecule has 0 saturated carbocycles. The molecule has 1 rings (SSSR count). The summed E-state index contributed by atoms with van der Waals surface area (Å²) in [5.74, 6) is 0.291. The lowest BCUT2D eigenvalue weighted by Gasteiger charge is -2.09. The molecule has 0 fully saturated rings. The van der Waals surface area contributed by atoms with Crippen LogP contribution >= 0.6 is 11.6 Å². The van der Waals surface area contributed by atoms with Gasteiger partial charge in [-0.3, -0.25) is 0 Å². The number of rotatable bonds is 7. The molecular formula is C13H19ClFNO2S. The molecule has 0 heterocycles. The number of hydrogen-bond donors (Lipinski definition) is 1. The molecule has 0 amide bonds. The van der Waals surface area contributed by atoms with E-state index < -0.39 is 10.0 Å². The second kappa shape index (κ2) is 7.22. The van der Waals surface area contributed by atoms with Gasteiger partial charge in [-0.2, -0.15) is 0 Å². The fourth-order valence-corrected chi connectivity index (χ4v) is 3.09. The van der Waals surface area contributed by atoms with Crippen LogP contribution in [0.4, 0.5) is 4.39 Å². The van der Waals surface area contributed by atoms with E-state index in [1.165, 1.54) is 0 Å². The number of hydrogen-bond acceptors (Lipinski definition) is 2. The molecule has 0 unspecified atom stereocenters. The van der Waals surface area contributed by atoms with Crippen molar-refractivity contribution in [2.75, 3.05) is 11.6 Å². The second-order valence-electron chi connectivity index (χ2n) is 4.58. The predicted molar refractivity (Wildman–Crippen MR) is 76.5 cm³/mol. The lowest BCUT2D eigenvalue weighted by atomic mass is 10.1. The first kappa shape index (κ1) is 16.4. The molecule has 1 aromatic rings. The van der Waals surface area contributed by atoms with Crippen molar-refractivity contribution in [1.82, 2.24) is 4.72 Å². The first-order valence-corrected chi connectivity index (χ1v) is 8.33. The molecule has 6 heteroatoms. The molecule has 0 atom stereocenters. The molecule has 0 radical (unpaired) electrons. The van der Waals surface area contributed by atoms with E-state index in [-0.39, 0.29) is 18.1 Å². The van der Waals surface area contributed by atoms with Gasteiger partial charge in [0, 0.05) is 12.4 Å². The smallest absolute Gasteiger partial charge is 0.211 e. The Hall–Kier alpha value is -0.650. The third-order valence-corrected chi connectivity index (χ3v) is 4.47. The Bertz CT molecular complexity index is 508. The minimum Gasteiger partial charge on any atom is -0.212 e. The molecule has 1 N–H and O–H groups in total. The van der Waals surface area contributed by atoms with E-state index in [2.05, 4.69) is 4.72 Å². The zero-order valence-corrected chi connectivity index (χ0v) is 12.7. The van der Waals surface area contributed by atoms with E-state index in [1.54, 1.807) is 26.0 Å². The van der Waals surface area contributed by atoms with E-state index in [4.69, 9.17) is 11.6 Å². The van der Waals surface area contributed by atoms with Gasteiger partial charge in [-0.15, -0.1) is 11.6 Å². The Balaban J connectivity index is 2.61. The van der Waals surface area contributed by atoms with Crippen molar-refractivity contribution in [1.29, 1.82) is 0 Å². The van der Waals surface area contributed by atoms with Gasteiger partial charge in [0.1, 0.15) is 5.82 Å². The molecule has 0 spiro atoms. The maximum Gasteiger partial charge on any atom is 0.211 e. The highest BCUT2D eigenvalue weighted by molar-refractivity contribution is 7.89. The lowest BCUT2D eigenvalue weighted by Crippen LogP contribution is -2.26. The summed E-state index contributed by atoms with van der Waals surface area (Å²) in [5, 5.41) is 0. The first-order chi connectivity index (χ1) is 8.85. The highest BCUT2D eigenvalue weighted by Gasteiger charge is 2.10. The van der Waals surface area contributed by atoms with E-state index in [0.717, 1.165) is 5.56 Å². The van der Waals surface area contributed by atoms with Crippen molar-refractivity contribution in [3.63, 3.8) is 0 Å². The van der Waals surface area contributed by atoms with Gasteiger partial charge in [0.15, 0.2) is 0 Å². The topological polar surface area (TPSA) is 46.2 Å². The Morgan fingerprint density at radius 3 is 2.32 bits per heavy atom. The summed E-state index contributed by atoms with van der Waals surface area (Å²) in [5.41, 5.74) is 1.81. The zero-order chi connectivity index (χ0) is 14.5. The Morgan fingerprint density at radius 2 is 1.79 bits per heavy atom. The first-order valence-electron chi connectivity index (χ1n) is 6.14. The molecule has 108 valence electrons.